The van der Waals surface area contributed by atoms with Crippen molar-refractivity contribution in [3.05, 3.63) is 58.7 Å². The Hall–Kier alpha value is -3.31. The van der Waals surface area contributed by atoms with E-state index >= 15 is 0 Å². The number of benzene rings is 1. The molecule has 11 heteroatoms. The van der Waals surface area contributed by atoms with E-state index in [4.69, 9.17) is 5.73 Å². The van der Waals surface area contributed by atoms with Crippen molar-refractivity contribution in [2.75, 3.05) is 5.32 Å². The summed E-state index contributed by atoms with van der Waals surface area (Å²) < 4.78 is 0. The molecule has 0 bridgehead atoms. The average Bonchev–Trinajstić information content (AvgIpc) is 3.12. The number of imidazole rings is 1. The lowest BCUT2D eigenvalue weighted by atomic mass is 10.1. The Morgan fingerprint density at radius 3 is 2.58 bits per heavy atom. The van der Waals surface area contributed by atoms with Crippen LogP contribution in [0.3, 0.4) is 0 Å². The van der Waals surface area contributed by atoms with Gasteiger partial charge in [-0.25, -0.2) is 4.98 Å². The predicted octanol–water partition coefficient (Wildman–Crippen LogP) is -1.00. The monoisotopic (exact) mass is 362 g/mol. The molecule has 0 spiro atoms. The average molecular weight is 362 g/mol. The van der Waals surface area contributed by atoms with Crippen LogP contribution in [-0.4, -0.2) is 50.1 Å². The molecule has 0 fully saturated rings. The number of nitrogens with zero attached hydrogens (tertiary/aromatic N) is 2. The summed E-state index contributed by atoms with van der Waals surface area (Å²) in [7, 11) is 0. The highest BCUT2D eigenvalue weighted by molar-refractivity contribution is 5.98. The number of nitro groups is 1. The van der Waals surface area contributed by atoms with E-state index in [9.17, 15) is 24.8 Å². The second kappa shape index (κ2) is 8.69. The third-order valence-corrected chi connectivity index (χ3v) is 3.47. The van der Waals surface area contributed by atoms with Gasteiger partial charge in [0.15, 0.2) is 0 Å². The summed E-state index contributed by atoms with van der Waals surface area (Å²) in [5.41, 5.74) is 6.67. The summed E-state index contributed by atoms with van der Waals surface area (Å²) in [6.07, 6.45) is 0.625. The Balaban J connectivity index is 2.07. The van der Waals surface area contributed by atoms with Gasteiger partial charge < -0.3 is 26.5 Å². The number of hydrogen-bond acceptors (Lipinski definition) is 7. The number of carbonyl (C=O) groups is 2. The summed E-state index contributed by atoms with van der Waals surface area (Å²) >= 11 is 0. The first-order chi connectivity index (χ1) is 12.4. The first-order valence-electron chi connectivity index (χ1n) is 7.59. The van der Waals surface area contributed by atoms with Crippen LogP contribution in [0.5, 0.6) is 0 Å². The number of hydrogen-bond donors (Lipinski definition) is 5. The van der Waals surface area contributed by atoms with Gasteiger partial charge in [0.25, 0.3) is 5.91 Å². The maximum Gasteiger partial charge on any atom is 0.342 e. The molecule has 2 rings (SSSR count). The summed E-state index contributed by atoms with van der Waals surface area (Å²) in [6.45, 7) is 0. The number of para-hydroxylation sites is 1. The van der Waals surface area contributed by atoms with Crippen LogP contribution in [0.4, 0.5) is 5.69 Å². The van der Waals surface area contributed by atoms with Gasteiger partial charge in [0.2, 0.25) is 11.9 Å². The topological polar surface area (TPSA) is 176 Å². The van der Waals surface area contributed by atoms with E-state index in [2.05, 4.69) is 20.6 Å². The molecule has 11 nitrogen and oxygen atoms in total. The number of nitrogens with two attached hydrogens (primary N) is 1. The van der Waals surface area contributed by atoms with E-state index in [1.807, 2.05) is 0 Å². The molecule has 0 radical (unpaired) electrons. The lowest BCUT2D eigenvalue weighted by Crippen LogP contribution is -2.57. The zero-order chi connectivity index (χ0) is 19.1. The normalized spacial score (nSPS) is 14.1. The lowest BCUT2D eigenvalue weighted by molar-refractivity contribution is -0.571. The molecule has 0 saturated carbocycles. The van der Waals surface area contributed by atoms with Gasteiger partial charge in [-0.05, 0) is 12.1 Å². The highest BCUT2D eigenvalue weighted by Gasteiger charge is 2.37. The van der Waals surface area contributed by atoms with Crippen molar-refractivity contribution < 1.29 is 19.6 Å². The number of aromatic nitrogens is 2. The fourth-order valence-electron chi connectivity index (χ4n) is 2.12. The van der Waals surface area contributed by atoms with Gasteiger partial charge in [-0.15, -0.1) is 0 Å². The molecule has 0 aliphatic rings. The minimum Gasteiger partial charge on any atom is -0.348 e. The Morgan fingerprint density at radius 2 is 2.00 bits per heavy atom. The van der Waals surface area contributed by atoms with Gasteiger partial charge >= 0.3 is 6.23 Å². The number of H-pyrrole nitrogens is 1. The fourth-order valence-corrected chi connectivity index (χ4v) is 2.12. The number of nitrogens with one attached hydrogen (secondary N) is 3. The summed E-state index contributed by atoms with van der Waals surface area (Å²) in [5.74, 6) is -1.77. The molecule has 1 heterocycles. The van der Waals surface area contributed by atoms with Gasteiger partial charge in [0, 0.05) is 24.0 Å². The van der Waals surface area contributed by atoms with Crippen LogP contribution >= 0.6 is 0 Å². The van der Waals surface area contributed by atoms with Gasteiger partial charge in [-0.2, -0.15) is 0 Å². The van der Waals surface area contributed by atoms with Crippen molar-refractivity contribution in [3.8, 4) is 0 Å². The lowest BCUT2D eigenvalue weighted by Gasteiger charge is -2.20. The molecule has 3 atom stereocenters. The summed E-state index contributed by atoms with van der Waals surface area (Å²) in [6, 6.07) is 5.21. The van der Waals surface area contributed by atoms with Crippen molar-refractivity contribution in [2.24, 2.45) is 5.73 Å². The van der Waals surface area contributed by atoms with Crippen LogP contribution in [0.2, 0.25) is 0 Å². The molecule has 138 valence electrons. The quantitative estimate of drug-likeness (QED) is 0.227. The molecular formula is C15H18N6O5. The third kappa shape index (κ3) is 5.09. The molecule has 6 N–H and O–H groups in total. The van der Waals surface area contributed by atoms with Crippen LogP contribution in [0.1, 0.15) is 5.69 Å². The van der Waals surface area contributed by atoms with Crippen LogP contribution < -0.4 is 16.4 Å². The minimum atomic E-state index is -2.33. The molecule has 0 aliphatic heterocycles. The molecule has 1 aromatic heterocycles. The van der Waals surface area contributed by atoms with Crippen LogP contribution in [0.15, 0.2) is 42.9 Å². The van der Waals surface area contributed by atoms with E-state index in [0.29, 0.717) is 11.4 Å². The standard InChI is InChI=1S/C15H18N6O5/c16-11(6-10-7-17-8-18-10)13(22)20-12(15(24)21(25)26)14(23)19-9-4-2-1-3-5-9/h1-5,7-8,11-12,15,24H,6,16H2,(H,17,18)(H,19,23)(H,20,22). The summed E-state index contributed by atoms with van der Waals surface area (Å²) in [5, 5.41) is 25.1. The number of aliphatic hydroxyl groups excluding tert-OH is 1. The van der Waals surface area contributed by atoms with Gasteiger partial charge in [0.1, 0.15) is 0 Å². The van der Waals surface area contributed by atoms with Gasteiger partial charge in [-0.3, -0.25) is 19.7 Å². The number of anilines is 1. The molecule has 26 heavy (non-hydrogen) atoms. The maximum absolute atomic E-state index is 12.3. The number of aromatic amines is 1. The molecule has 2 aromatic rings. The van der Waals surface area contributed by atoms with E-state index in [1.54, 1.807) is 30.3 Å². The molecule has 3 unspecified atom stereocenters. The Morgan fingerprint density at radius 1 is 1.31 bits per heavy atom. The molecule has 0 aliphatic carbocycles. The first kappa shape index (κ1) is 19.0. The Bertz CT molecular complexity index is 751. The van der Waals surface area contributed by atoms with Crippen molar-refractivity contribution in [3.63, 3.8) is 0 Å². The van der Waals surface area contributed by atoms with Gasteiger partial charge in [0.05, 0.1) is 17.3 Å². The van der Waals surface area contributed by atoms with Crippen molar-refractivity contribution in [1.29, 1.82) is 0 Å². The molecule has 0 saturated heterocycles. The summed E-state index contributed by atoms with van der Waals surface area (Å²) in [4.78, 5) is 40.8. The molecule has 1 aromatic carbocycles. The molecule has 2 amide bonds. The van der Waals surface area contributed by atoms with E-state index in [-0.39, 0.29) is 6.42 Å². The SMILES string of the molecule is NC(Cc1cnc[nH]1)C(=O)NC(C(=O)Nc1ccccc1)C(O)[N+](=O)[O-]. The smallest absolute Gasteiger partial charge is 0.342 e. The van der Waals surface area contributed by atoms with Crippen LogP contribution in [-0.2, 0) is 16.0 Å². The number of carbonyl (C=O) groups excluding carboxylic acids is 2. The molecular weight excluding hydrogens is 344 g/mol. The number of amides is 2. The van der Waals surface area contributed by atoms with Crippen LogP contribution in [0, 0.1) is 10.1 Å². The number of aliphatic hydroxyl groups is 1. The minimum absolute atomic E-state index is 0.0768. The Labute approximate surface area is 147 Å². The van der Waals surface area contributed by atoms with Crippen molar-refractivity contribution in [2.45, 2.75) is 24.7 Å². The zero-order valence-electron chi connectivity index (χ0n) is 13.5. The van der Waals surface area contributed by atoms with Gasteiger partial charge in [-0.1, -0.05) is 18.2 Å². The maximum atomic E-state index is 12.3. The highest BCUT2D eigenvalue weighted by atomic mass is 16.7. The zero-order valence-corrected chi connectivity index (χ0v) is 13.5. The highest BCUT2D eigenvalue weighted by Crippen LogP contribution is 2.08. The first-order valence-corrected chi connectivity index (χ1v) is 7.59. The van der Waals surface area contributed by atoms with Crippen molar-refractivity contribution in [1.82, 2.24) is 15.3 Å². The van der Waals surface area contributed by atoms with Crippen LogP contribution in [0.25, 0.3) is 0 Å². The second-order valence-electron chi connectivity index (χ2n) is 5.43. The van der Waals surface area contributed by atoms with E-state index in [0.717, 1.165) is 0 Å². The van der Waals surface area contributed by atoms with Crippen molar-refractivity contribution >= 4 is 17.5 Å². The predicted molar refractivity (Wildman–Crippen MR) is 90.3 cm³/mol. The number of rotatable bonds is 8. The Kier molecular flexibility index (Phi) is 6.36. The van der Waals surface area contributed by atoms with E-state index < -0.39 is 35.0 Å². The van der Waals surface area contributed by atoms with E-state index in [1.165, 1.54) is 12.5 Å². The second-order valence-corrected chi connectivity index (χ2v) is 5.43. The largest absolute Gasteiger partial charge is 0.348 e. The third-order valence-electron chi connectivity index (χ3n) is 3.47. The fraction of sp³-hybridized carbons (Fsp3) is 0.267.